The van der Waals surface area contributed by atoms with Crippen LogP contribution in [0.2, 0.25) is 0 Å². The SMILES string of the molecule is Cc1ccc(-c2nn(-c3ccccc3)cc2C=Nc2cccc(C(=O)[O-])c2)o1. The topological polar surface area (TPSA) is 83.5 Å². The number of carbonyl (C=O) groups excluding carboxylic acids is 1. The number of aryl methyl sites for hydroxylation is 1. The summed E-state index contributed by atoms with van der Waals surface area (Å²) < 4.78 is 7.49. The molecule has 0 atom stereocenters. The number of aromatic carboxylic acids is 1. The van der Waals surface area contributed by atoms with Gasteiger partial charge in [-0.15, -0.1) is 0 Å². The number of furan rings is 1. The second-order valence-electron chi connectivity index (χ2n) is 6.22. The number of rotatable bonds is 5. The van der Waals surface area contributed by atoms with Gasteiger partial charge in [0.05, 0.1) is 17.3 Å². The highest BCUT2D eigenvalue weighted by molar-refractivity contribution is 5.90. The van der Waals surface area contributed by atoms with E-state index in [0.717, 1.165) is 17.0 Å². The van der Waals surface area contributed by atoms with Crippen LogP contribution >= 0.6 is 0 Å². The maximum absolute atomic E-state index is 11.0. The van der Waals surface area contributed by atoms with Crippen LogP contribution in [-0.2, 0) is 0 Å². The summed E-state index contributed by atoms with van der Waals surface area (Å²) in [6, 6.07) is 19.7. The van der Waals surface area contributed by atoms with Crippen LogP contribution in [0, 0.1) is 6.92 Å². The molecule has 0 saturated carbocycles. The van der Waals surface area contributed by atoms with Crippen LogP contribution in [0.5, 0.6) is 0 Å². The number of benzene rings is 2. The molecule has 28 heavy (non-hydrogen) atoms. The van der Waals surface area contributed by atoms with Gasteiger partial charge in [-0.3, -0.25) is 4.99 Å². The second-order valence-corrected chi connectivity index (χ2v) is 6.22. The van der Waals surface area contributed by atoms with Crippen LogP contribution in [0.1, 0.15) is 21.7 Å². The Morgan fingerprint density at radius 2 is 1.93 bits per heavy atom. The third-order valence-corrected chi connectivity index (χ3v) is 4.17. The first kappa shape index (κ1) is 17.5. The van der Waals surface area contributed by atoms with Crippen molar-refractivity contribution >= 4 is 17.9 Å². The molecule has 0 unspecified atom stereocenters. The van der Waals surface area contributed by atoms with Crippen LogP contribution in [0.4, 0.5) is 5.69 Å². The fourth-order valence-corrected chi connectivity index (χ4v) is 2.81. The predicted octanol–water partition coefficient (Wildman–Crippen LogP) is 3.55. The van der Waals surface area contributed by atoms with Gasteiger partial charge in [-0.25, -0.2) is 4.68 Å². The van der Waals surface area contributed by atoms with E-state index in [4.69, 9.17) is 4.42 Å². The van der Waals surface area contributed by atoms with Gasteiger partial charge < -0.3 is 14.3 Å². The molecule has 2 aromatic heterocycles. The highest BCUT2D eigenvalue weighted by Gasteiger charge is 2.14. The van der Waals surface area contributed by atoms with Crippen molar-refractivity contribution in [3.8, 4) is 17.1 Å². The van der Waals surface area contributed by atoms with Crippen LogP contribution in [0.25, 0.3) is 17.1 Å². The fourth-order valence-electron chi connectivity index (χ4n) is 2.81. The standard InChI is InChI=1S/C22H17N3O3/c1-15-10-11-20(28-15)21-17(14-25(24-21)19-8-3-2-4-9-19)13-23-18-7-5-6-16(12-18)22(26)27/h2-14H,1H3,(H,26,27)/p-1. The molecule has 0 N–H and O–H groups in total. The number of aromatic nitrogens is 2. The van der Waals surface area contributed by atoms with Gasteiger partial charge in [0.15, 0.2) is 5.76 Å². The third-order valence-electron chi connectivity index (χ3n) is 4.17. The Morgan fingerprint density at radius 1 is 1.11 bits per heavy atom. The summed E-state index contributed by atoms with van der Waals surface area (Å²) in [5.41, 5.74) is 2.90. The lowest BCUT2D eigenvalue weighted by Crippen LogP contribution is -2.21. The minimum atomic E-state index is -1.24. The zero-order chi connectivity index (χ0) is 19.5. The van der Waals surface area contributed by atoms with Gasteiger partial charge in [0.1, 0.15) is 11.5 Å². The van der Waals surface area contributed by atoms with E-state index < -0.39 is 5.97 Å². The number of nitrogens with zero attached hydrogens (tertiary/aromatic N) is 3. The number of carbonyl (C=O) groups is 1. The smallest absolute Gasteiger partial charge is 0.155 e. The van der Waals surface area contributed by atoms with Gasteiger partial charge >= 0.3 is 0 Å². The molecule has 6 nitrogen and oxygen atoms in total. The summed E-state index contributed by atoms with van der Waals surface area (Å²) in [6.07, 6.45) is 3.50. The molecule has 2 aromatic carbocycles. The van der Waals surface area contributed by atoms with Crippen molar-refractivity contribution < 1.29 is 14.3 Å². The van der Waals surface area contributed by atoms with E-state index >= 15 is 0 Å². The maximum atomic E-state index is 11.0. The van der Waals surface area contributed by atoms with Gasteiger partial charge in [0.2, 0.25) is 0 Å². The molecule has 6 heteroatoms. The zero-order valence-electron chi connectivity index (χ0n) is 15.1. The monoisotopic (exact) mass is 370 g/mol. The van der Waals surface area contributed by atoms with Crippen molar-refractivity contribution in [1.29, 1.82) is 0 Å². The second kappa shape index (κ2) is 7.36. The van der Waals surface area contributed by atoms with E-state index in [2.05, 4.69) is 10.1 Å². The van der Waals surface area contributed by atoms with E-state index in [1.165, 1.54) is 12.1 Å². The molecule has 138 valence electrons. The molecule has 0 bridgehead atoms. The van der Waals surface area contributed by atoms with E-state index in [1.54, 1.807) is 23.0 Å². The molecule has 0 fully saturated rings. The fraction of sp³-hybridized carbons (Fsp3) is 0.0455. The van der Waals surface area contributed by atoms with E-state index in [0.29, 0.717) is 17.1 Å². The Balaban J connectivity index is 1.75. The van der Waals surface area contributed by atoms with E-state index in [9.17, 15) is 9.90 Å². The summed E-state index contributed by atoms with van der Waals surface area (Å²) in [4.78, 5) is 15.4. The lowest BCUT2D eigenvalue weighted by Gasteiger charge is -2.02. The molecule has 0 spiro atoms. The number of para-hydroxylation sites is 1. The first-order chi connectivity index (χ1) is 13.6. The Hall–Kier alpha value is -3.93. The Labute approximate surface area is 161 Å². The minimum Gasteiger partial charge on any atom is -0.545 e. The molecule has 0 aliphatic rings. The average Bonchev–Trinajstić information content (AvgIpc) is 3.33. The van der Waals surface area contributed by atoms with Crippen molar-refractivity contribution in [3.63, 3.8) is 0 Å². The Bertz CT molecular complexity index is 1160. The Kier molecular flexibility index (Phi) is 4.60. The molecule has 0 amide bonds. The molecule has 0 aliphatic carbocycles. The average molecular weight is 370 g/mol. The molecule has 0 saturated heterocycles. The molecule has 4 aromatic rings. The highest BCUT2D eigenvalue weighted by atomic mass is 16.4. The predicted molar refractivity (Wildman–Crippen MR) is 104 cm³/mol. The van der Waals surface area contributed by atoms with Crippen LogP contribution in [0.15, 0.2) is 82.3 Å². The van der Waals surface area contributed by atoms with Gasteiger partial charge in [-0.05, 0) is 48.9 Å². The van der Waals surface area contributed by atoms with Crippen molar-refractivity contribution in [3.05, 3.63) is 89.8 Å². The van der Waals surface area contributed by atoms with Crippen LogP contribution < -0.4 is 5.11 Å². The van der Waals surface area contributed by atoms with Crippen molar-refractivity contribution in [1.82, 2.24) is 9.78 Å². The van der Waals surface area contributed by atoms with Gasteiger partial charge in [-0.1, -0.05) is 30.3 Å². The molecular formula is C22H16N3O3-. The molecule has 0 radical (unpaired) electrons. The molecule has 2 heterocycles. The van der Waals surface area contributed by atoms with E-state index in [-0.39, 0.29) is 5.56 Å². The summed E-state index contributed by atoms with van der Waals surface area (Å²) in [6.45, 7) is 1.87. The number of aliphatic imine (C=N–C) groups is 1. The Morgan fingerprint density at radius 3 is 2.64 bits per heavy atom. The molecule has 0 aliphatic heterocycles. The number of carboxylic acid groups (broad SMARTS) is 1. The van der Waals surface area contributed by atoms with Crippen molar-refractivity contribution in [2.75, 3.05) is 0 Å². The quantitative estimate of drug-likeness (QED) is 0.503. The molecular weight excluding hydrogens is 354 g/mol. The first-order valence-electron chi connectivity index (χ1n) is 8.67. The van der Waals surface area contributed by atoms with Crippen LogP contribution in [-0.4, -0.2) is 22.0 Å². The summed E-state index contributed by atoms with van der Waals surface area (Å²) >= 11 is 0. The lowest BCUT2D eigenvalue weighted by molar-refractivity contribution is -0.255. The van der Waals surface area contributed by atoms with Crippen molar-refractivity contribution in [2.45, 2.75) is 6.92 Å². The lowest BCUT2D eigenvalue weighted by atomic mass is 10.2. The van der Waals surface area contributed by atoms with E-state index in [1.807, 2.05) is 55.6 Å². The minimum absolute atomic E-state index is 0.0801. The molecule has 4 rings (SSSR count). The third kappa shape index (κ3) is 3.61. The number of hydrogen-bond acceptors (Lipinski definition) is 5. The number of carboxylic acids is 1. The van der Waals surface area contributed by atoms with Crippen LogP contribution in [0.3, 0.4) is 0 Å². The van der Waals surface area contributed by atoms with Gasteiger partial charge in [0.25, 0.3) is 0 Å². The largest absolute Gasteiger partial charge is 0.545 e. The summed E-state index contributed by atoms with van der Waals surface area (Å²) in [5.74, 6) is 0.187. The summed E-state index contributed by atoms with van der Waals surface area (Å²) in [7, 11) is 0. The van der Waals surface area contributed by atoms with Crippen molar-refractivity contribution in [2.24, 2.45) is 4.99 Å². The zero-order valence-corrected chi connectivity index (χ0v) is 15.1. The van der Waals surface area contributed by atoms with Gasteiger partial charge in [-0.2, -0.15) is 5.10 Å². The number of hydrogen-bond donors (Lipinski definition) is 0. The normalized spacial score (nSPS) is 11.2. The first-order valence-corrected chi connectivity index (χ1v) is 8.67. The van der Waals surface area contributed by atoms with Gasteiger partial charge in [0, 0.05) is 18.0 Å². The summed E-state index contributed by atoms with van der Waals surface area (Å²) in [5, 5.41) is 15.7. The maximum Gasteiger partial charge on any atom is 0.155 e. The highest BCUT2D eigenvalue weighted by Crippen LogP contribution is 2.25.